The molecule has 114 valence electrons. The number of hydrogen-bond donors (Lipinski definition) is 1. The predicted molar refractivity (Wildman–Crippen MR) is 85.5 cm³/mol. The average Bonchev–Trinajstić information content (AvgIpc) is 2.45. The van der Waals surface area contributed by atoms with Crippen LogP contribution in [0.25, 0.3) is 10.9 Å². The van der Waals surface area contributed by atoms with E-state index in [9.17, 15) is 4.39 Å². The molecule has 0 saturated heterocycles. The highest BCUT2D eigenvalue weighted by Gasteiger charge is 2.18. The normalized spacial score (nSPS) is 11.9. The maximum atomic E-state index is 14.5. The number of ether oxygens (including phenoxy) is 1. The van der Waals surface area contributed by atoms with Gasteiger partial charge in [0, 0.05) is 31.8 Å². The van der Waals surface area contributed by atoms with Crippen LogP contribution in [0.5, 0.6) is 0 Å². The van der Waals surface area contributed by atoms with Crippen molar-refractivity contribution in [2.75, 3.05) is 25.6 Å². The molecule has 5 heteroatoms. The van der Waals surface area contributed by atoms with Crippen LogP contribution < -0.4 is 5.32 Å². The van der Waals surface area contributed by atoms with Crippen LogP contribution in [0, 0.1) is 11.2 Å². The highest BCUT2D eigenvalue weighted by atomic mass is 35.5. The molecule has 2 rings (SSSR count). The molecule has 1 aromatic carbocycles. The second-order valence-electron chi connectivity index (χ2n) is 5.88. The van der Waals surface area contributed by atoms with Crippen LogP contribution >= 0.6 is 11.6 Å². The molecule has 0 aliphatic heterocycles. The van der Waals surface area contributed by atoms with Crippen molar-refractivity contribution in [3.8, 4) is 0 Å². The lowest BCUT2D eigenvalue weighted by atomic mass is 9.89. The third kappa shape index (κ3) is 3.83. The van der Waals surface area contributed by atoms with Gasteiger partial charge in [0.15, 0.2) is 5.82 Å². The molecule has 0 spiro atoms. The van der Waals surface area contributed by atoms with Gasteiger partial charge in [-0.05, 0) is 30.0 Å². The lowest BCUT2D eigenvalue weighted by Gasteiger charge is -2.25. The van der Waals surface area contributed by atoms with Gasteiger partial charge in [0.05, 0.1) is 10.7 Å². The molecule has 0 unspecified atom stereocenters. The monoisotopic (exact) mass is 310 g/mol. The van der Waals surface area contributed by atoms with E-state index in [4.69, 9.17) is 16.3 Å². The molecule has 1 aromatic heterocycles. The van der Waals surface area contributed by atoms with Crippen molar-refractivity contribution in [1.29, 1.82) is 0 Å². The number of rotatable bonds is 6. The summed E-state index contributed by atoms with van der Waals surface area (Å²) in [6.07, 6.45) is 2.41. The number of nitrogens with one attached hydrogen (secondary N) is 1. The first kappa shape index (κ1) is 16.0. The van der Waals surface area contributed by atoms with Crippen LogP contribution in [-0.4, -0.2) is 25.2 Å². The van der Waals surface area contributed by atoms with Crippen molar-refractivity contribution in [3.63, 3.8) is 0 Å². The first-order chi connectivity index (χ1) is 9.94. The number of anilines is 1. The van der Waals surface area contributed by atoms with Crippen molar-refractivity contribution in [2.45, 2.75) is 20.3 Å². The van der Waals surface area contributed by atoms with E-state index in [2.05, 4.69) is 24.1 Å². The number of benzene rings is 1. The highest BCUT2D eigenvalue weighted by molar-refractivity contribution is 6.35. The second-order valence-corrected chi connectivity index (χ2v) is 6.28. The number of aromatic nitrogens is 1. The van der Waals surface area contributed by atoms with Crippen molar-refractivity contribution in [1.82, 2.24) is 4.98 Å². The van der Waals surface area contributed by atoms with Gasteiger partial charge in [0.25, 0.3) is 0 Å². The summed E-state index contributed by atoms with van der Waals surface area (Å²) >= 11 is 6.05. The minimum Gasteiger partial charge on any atom is -0.385 e. The molecule has 1 N–H and O–H groups in total. The molecule has 0 aliphatic rings. The summed E-state index contributed by atoms with van der Waals surface area (Å²) in [6.45, 7) is 5.57. The zero-order valence-corrected chi connectivity index (χ0v) is 13.3. The van der Waals surface area contributed by atoms with Gasteiger partial charge in [-0.25, -0.2) is 4.39 Å². The molecule has 21 heavy (non-hydrogen) atoms. The fourth-order valence-electron chi connectivity index (χ4n) is 2.09. The molecular weight excluding hydrogens is 291 g/mol. The van der Waals surface area contributed by atoms with E-state index >= 15 is 0 Å². The fourth-order valence-corrected chi connectivity index (χ4v) is 2.30. The van der Waals surface area contributed by atoms with Crippen LogP contribution in [-0.2, 0) is 4.74 Å². The smallest absolute Gasteiger partial charge is 0.172 e. The van der Waals surface area contributed by atoms with E-state index in [1.54, 1.807) is 25.3 Å². The van der Waals surface area contributed by atoms with Crippen molar-refractivity contribution >= 4 is 28.2 Å². The van der Waals surface area contributed by atoms with E-state index in [1.165, 1.54) is 6.20 Å². The minimum atomic E-state index is -0.363. The van der Waals surface area contributed by atoms with E-state index in [1.807, 2.05) is 0 Å². The Hall–Kier alpha value is -1.39. The lowest BCUT2D eigenvalue weighted by Crippen LogP contribution is -2.25. The van der Waals surface area contributed by atoms with Crippen molar-refractivity contribution < 1.29 is 9.13 Å². The van der Waals surface area contributed by atoms with Crippen LogP contribution in [0.2, 0.25) is 5.02 Å². The third-order valence-electron chi connectivity index (χ3n) is 3.54. The molecular formula is C16H20ClFN2O. The number of hydrogen-bond acceptors (Lipinski definition) is 3. The molecule has 0 aliphatic carbocycles. The van der Waals surface area contributed by atoms with Gasteiger partial charge in [0.2, 0.25) is 0 Å². The van der Waals surface area contributed by atoms with Gasteiger partial charge in [-0.3, -0.25) is 4.98 Å². The van der Waals surface area contributed by atoms with Crippen LogP contribution in [0.1, 0.15) is 20.3 Å². The van der Waals surface area contributed by atoms with Crippen molar-refractivity contribution in [3.05, 3.63) is 35.2 Å². The Bertz CT molecular complexity index is 631. The summed E-state index contributed by atoms with van der Waals surface area (Å²) in [4.78, 5) is 4.08. The molecule has 1 heterocycles. The van der Waals surface area contributed by atoms with Crippen LogP contribution in [0.4, 0.5) is 10.1 Å². The maximum absolute atomic E-state index is 14.5. The summed E-state index contributed by atoms with van der Waals surface area (Å²) in [6, 6.07) is 5.15. The fraction of sp³-hybridized carbons (Fsp3) is 0.438. The van der Waals surface area contributed by atoms with Crippen molar-refractivity contribution in [2.24, 2.45) is 5.41 Å². The number of fused-ring (bicyclic) bond motifs is 1. The largest absolute Gasteiger partial charge is 0.385 e. The summed E-state index contributed by atoms with van der Waals surface area (Å²) in [5.41, 5.74) is 0.754. The molecule has 0 radical (unpaired) electrons. The lowest BCUT2D eigenvalue weighted by molar-refractivity contribution is 0.157. The van der Waals surface area contributed by atoms with Gasteiger partial charge in [-0.15, -0.1) is 0 Å². The Kier molecular flexibility index (Phi) is 5.01. The van der Waals surface area contributed by atoms with E-state index in [0.717, 1.165) is 6.42 Å². The summed E-state index contributed by atoms with van der Waals surface area (Å²) in [7, 11) is 1.68. The number of halogens is 2. The SMILES string of the molecule is COCCC(C)(C)CNc1ccc2c(Cl)ccnc2c1F. The van der Waals surface area contributed by atoms with Crippen LogP contribution in [0.15, 0.2) is 24.4 Å². The Morgan fingerprint density at radius 1 is 1.33 bits per heavy atom. The Morgan fingerprint density at radius 3 is 2.81 bits per heavy atom. The first-order valence-electron chi connectivity index (χ1n) is 6.90. The quantitative estimate of drug-likeness (QED) is 0.853. The van der Waals surface area contributed by atoms with Gasteiger partial charge < -0.3 is 10.1 Å². The van der Waals surface area contributed by atoms with Crippen LogP contribution in [0.3, 0.4) is 0 Å². The zero-order chi connectivity index (χ0) is 15.5. The molecule has 0 bridgehead atoms. The summed E-state index contributed by atoms with van der Waals surface area (Å²) in [5.74, 6) is -0.363. The number of methoxy groups -OCH3 is 1. The zero-order valence-electron chi connectivity index (χ0n) is 12.5. The van der Waals surface area contributed by atoms with E-state index < -0.39 is 0 Å². The summed E-state index contributed by atoms with van der Waals surface area (Å²) in [5, 5.41) is 4.29. The Balaban J connectivity index is 2.18. The standard InChI is InChI=1S/C16H20ClFN2O/c1-16(2,7-9-21-3)10-20-13-5-4-11-12(17)6-8-19-15(11)14(13)18/h4-6,8,20H,7,9-10H2,1-3H3. The molecule has 0 atom stereocenters. The second kappa shape index (κ2) is 6.58. The maximum Gasteiger partial charge on any atom is 0.172 e. The van der Waals surface area contributed by atoms with Gasteiger partial charge in [-0.1, -0.05) is 25.4 Å². The average molecular weight is 311 g/mol. The highest BCUT2D eigenvalue weighted by Crippen LogP contribution is 2.29. The predicted octanol–water partition coefficient (Wildman–Crippen LogP) is 4.50. The Morgan fingerprint density at radius 2 is 2.10 bits per heavy atom. The number of pyridine rings is 1. The molecule has 0 saturated carbocycles. The molecule has 3 nitrogen and oxygen atoms in total. The minimum absolute atomic E-state index is 0.0131. The third-order valence-corrected chi connectivity index (χ3v) is 3.87. The Labute approximate surface area is 129 Å². The first-order valence-corrected chi connectivity index (χ1v) is 7.28. The van der Waals surface area contributed by atoms with E-state index in [-0.39, 0.29) is 11.2 Å². The summed E-state index contributed by atoms with van der Waals surface area (Å²) < 4.78 is 19.6. The van der Waals surface area contributed by atoms with Gasteiger partial charge in [-0.2, -0.15) is 0 Å². The molecule has 0 fully saturated rings. The van der Waals surface area contributed by atoms with Gasteiger partial charge in [0.1, 0.15) is 5.52 Å². The number of nitrogens with zero attached hydrogens (tertiary/aromatic N) is 1. The van der Waals surface area contributed by atoms with E-state index in [0.29, 0.717) is 34.8 Å². The molecule has 2 aromatic rings. The molecule has 0 amide bonds. The van der Waals surface area contributed by atoms with Gasteiger partial charge >= 0.3 is 0 Å². The topological polar surface area (TPSA) is 34.1 Å².